The average Bonchev–Trinajstić information content (AvgIpc) is 3.21. The molecule has 0 spiro atoms. The van der Waals surface area contributed by atoms with E-state index >= 15 is 0 Å². The second-order valence-electron chi connectivity index (χ2n) is 14.9. The van der Waals surface area contributed by atoms with Gasteiger partial charge in [-0.3, -0.25) is 37.7 Å². The molecule has 1 aromatic rings. The molecule has 15 atom stereocenters. The van der Waals surface area contributed by atoms with Gasteiger partial charge in [-0.15, -0.1) is 0 Å². The highest BCUT2D eigenvalue weighted by Gasteiger charge is 2.54. The zero-order valence-electron chi connectivity index (χ0n) is 37.7. The fourth-order valence-electron chi connectivity index (χ4n) is 6.47. The Morgan fingerprint density at radius 2 is 0.925 bits per heavy atom. The molecule has 0 aliphatic carbocycles. The number of hydrogen-bond donors (Lipinski definition) is 4. The summed E-state index contributed by atoms with van der Waals surface area (Å²) in [6.07, 6.45) is -16.9. The van der Waals surface area contributed by atoms with Crippen molar-refractivity contribution < 1.29 is 114 Å². The molecular formula is C40H56I2O24S. The minimum atomic E-state index is -4.26. The highest BCUT2D eigenvalue weighted by molar-refractivity contribution is 14.1. The van der Waals surface area contributed by atoms with Crippen LogP contribution in [0.2, 0.25) is 0 Å². The summed E-state index contributed by atoms with van der Waals surface area (Å²) in [6.45, 7) is 10.8. The normalized spacial score (nSPS) is 31.4. The van der Waals surface area contributed by atoms with Gasteiger partial charge < -0.3 is 67.8 Å². The average molecular weight is 1210 g/mol. The second-order valence-corrected chi connectivity index (χ2v) is 18.3. The van der Waals surface area contributed by atoms with Crippen molar-refractivity contribution >= 4 is 97.1 Å². The Kier molecular flexibility index (Phi) is 24.7. The summed E-state index contributed by atoms with van der Waals surface area (Å²) in [5.74, 6) is -4.92. The lowest BCUT2D eigenvalue weighted by molar-refractivity contribution is -0.298. The van der Waals surface area contributed by atoms with Crippen LogP contribution in [0.3, 0.4) is 0 Å². The van der Waals surface area contributed by atoms with Crippen LogP contribution in [0.25, 0.3) is 0 Å². The molecule has 0 amide bonds. The summed E-state index contributed by atoms with van der Waals surface area (Å²) in [6, 6.07) is 5.84. The van der Waals surface area contributed by atoms with E-state index in [1.165, 1.54) is 32.9 Å². The number of esters is 7. The molecule has 4 N–H and O–H groups in total. The van der Waals surface area contributed by atoms with Crippen molar-refractivity contribution in [2.45, 2.75) is 159 Å². The summed E-state index contributed by atoms with van der Waals surface area (Å²) in [4.78, 5) is 80.5. The third kappa shape index (κ3) is 18.8. The maximum absolute atomic E-state index is 12.6. The number of aryl methyl sites for hydroxylation is 1. The fraction of sp³-hybridized carbons (Fsp3) is 0.675. The van der Waals surface area contributed by atoms with Crippen LogP contribution < -0.4 is 0 Å². The summed E-state index contributed by atoms with van der Waals surface area (Å²) in [5, 5.41) is 36.5. The fourth-order valence-corrected chi connectivity index (χ4v) is 8.83. The molecule has 0 radical (unpaired) electrons. The SMILES string of the molecule is CC(=O)OC1O[C@H](COS(=O)(=O)c2ccc(C)cc2)[C@@H](OC(C)=O)[C@H](OC(C)=O)[C@H]1OC(C)=O.CC(=O)O[C@H]1[C@H](OC(C)=O)[C@@H](OC(C)=O)C(C)O[C@@H]1CI.OC1O[C@H](CI)[C@@H](O)[C@H](O)[C@H]1O. The van der Waals surface area contributed by atoms with Crippen LogP contribution in [0.5, 0.6) is 0 Å². The number of carbonyl (C=O) groups is 7. The predicted octanol–water partition coefficient (Wildman–Crippen LogP) is 0.00852. The van der Waals surface area contributed by atoms with E-state index in [-0.39, 0.29) is 4.90 Å². The van der Waals surface area contributed by atoms with Crippen LogP contribution in [0.15, 0.2) is 29.2 Å². The van der Waals surface area contributed by atoms with E-state index in [0.717, 1.165) is 33.3 Å². The van der Waals surface area contributed by atoms with E-state index in [1.807, 2.05) is 22.6 Å². The Hall–Kier alpha value is -3.40. The highest BCUT2D eigenvalue weighted by atomic mass is 127. The van der Waals surface area contributed by atoms with Crippen molar-refractivity contribution in [1.82, 2.24) is 0 Å². The quantitative estimate of drug-likeness (QED) is 0.0664. The van der Waals surface area contributed by atoms with E-state index in [0.29, 0.717) is 8.86 Å². The number of benzene rings is 1. The lowest BCUT2D eigenvalue weighted by Gasteiger charge is -2.43. The van der Waals surface area contributed by atoms with E-state index < -0.39 is 150 Å². The van der Waals surface area contributed by atoms with Gasteiger partial charge in [0.15, 0.2) is 36.8 Å². The standard InChI is InChI=1S/C21H26O12S.C13H19IO7.C6H11IO5/c1-11-6-8-16(9-7-11)34(26,27)28-10-17-18(29-12(2)22)19(30-13(3)23)20(31-14(4)24)21(33-17)32-15(5)25;1-6-11(19-7(2)15)13(21-9(4)17)12(20-8(3)16)10(5-14)18-6;7-1-2-3(8)4(9)5(10)6(11)12-2/h6-9,17-21H,10H2,1-5H3;6,10-13H,5H2,1-4H3;2-6,8-11H,1H2/t17-,18-,19+,20-,21?;6?,10-,11+,12-,13-;2-,3-,4+,5-,6?/m111/s1. The van der Waals surface area contributed by atoms with Gasteiger partial charge >= 0.3 is 41.8 Å². The molecule has 67 heavy (non-hydrogen) atoms. The third-order valence-electron chi connectivity index (χ3n) is 9.24. The van der Waals surface area contributed by atoms with E-state index in [9.17, 15) is 52.2 Å². The molecule has 3 saturated heterocycles. The zero-order chi connectivity index (χ0) is 51.1. The smallest absolute Gasteiger partial charge is 0.305 e. The molecule has 4 rings (SSSR count). The summed E-state index contributed by atoms with van der Waals surface area (Å²) < 4.78 is 83.8. The molecule has 0 bridgehead atoms. The van der Waals surface area contributed by atoms with Crippen LogP contribution in [0, 0.1) is 6.92 Å². The molecule has 0 saturated carbocycles. The van der Waals surface area contributed by atoms with Crippen molar-refractivity contribution in [2.24, 2.45) is 0 Å². The van der Waals surface area contributed by atoms with Crippen LogP contribution >= 0.6 is 45.2 Å². The van der Waals surface area contributed by atoms with Crippen molar-refractivity contribution in [3.63, 3.8) is 0 Å². The number of carbonyl (C=O) groups excluding carboxylic acids is 7. The predicted molar refractivity (Wildman–Crippen MR) is 239 cm³/mol. The first-order chi connectivity index (χ1) is 31.1. The number of aliphatic hydroxyl groups is 4. The topological polar surface area (TPSA) is 336 Å². The minimum Gasteiger partial charge on any atom is -0.456 e. The van der Waals surface area contributed by atoms with Gasteiger partial charge in [0.1, 0.15) is 30.5 Å². The van der Waals surface area contributed by atoms with Gasteiger partial charge in [0.25, 0.3) is 10.1 Å². The van der Waals surface area contributed by atoms with Crippen LogP contribution in [0.1, 0.15) is 61.0 Å². The monoisotopic (exact) mass is 1210 g/mol. The highest BCUT2D eigenvalue weighted by Crippen LogP contribution is 2.32. The number of aliphatic hydroxyl groups excluding tert-OH is 4. The van der Waals surface area contributed by atoms with Crippen LogP contribution in [-0.2, 0) is 95.2 Å². The Balaban J connectivity index is 0.000000393. The molecule has 27 heteroatoms. The van der Waals surface area contributed by atoms with Gasteiger partial charge in [0.05, 0.1) is 23.7 Å². The largest absolute Gasteiger partial charge is 0.456 e. The Morgan fingerprint density at radius 1 is 0.522 bits per heavy atom. The lowest BCUT2D eigenvalue weighted by Crippen LogP contribution is -2.63. The van der Waals surface area contributed by atoms with Gasteiger partial charge in [-0.2, -0.15) is 8.42 Å². The van der Waals surface area contributed by atoms with Gasteiger partial charge in [-0.1, -0.05) is 62.9 Å². The molecule has 3 aliphatic heterocycles. The van der Waals surface area contributed by atoms with Crippen molar-refractivity contribution in [3.8, 4) is 0 Å². The van der Waals surface area contributed by atoms with Gasteiger partial charge in [-0.25, -0.2) is 0 Å². The molecular weight excluding hydrogens is 1150 g/mol. The van der Waals surface area contributed by atoms with Crippen molar-refractivity contribution in [3.05, 3.63) is 29.8 Å². The molecule has 3 fully saturated rings. The lowest BCUT2D eigenvalue weighted by atomic mass is 9.95. The number of hydrogen-bond acceptors (Lipinski definition) is 24. The van der Waals surface area contributed by atoms with E-state index in [2.05, 4.69) is 22.6 Å². The zero-order valence-corrected chi connectivity index (χ0v) is 42.8. The van der Waals surface area contributed by atoms with Crippen molar-refractivity contribution in [2.75, 3.05) is 15.5 Å². The van der Waals surface area contributed by atoms with E-state index in [1.54, 1.807) is 26.0 Å². The maximum atomic E-state index is 12.6. The summed E-state index contributed by atoms with van der Waals surface area (Å²) in [5.41, 5.74) is 0.828. The molecule has 0 aromatic heterocycles. The number of halogens is 2. The minimum absolute atomic E-state index is 0.135. The first kappa shape index (κ1) is 59.7. The first-order valence-electron chi connectivity index (χ1n) is 20.1. The van der Waals surface area contributed by atoms with Gasteiger partial charge in [-0.05, 0) is 26.0 Å². The van der Waals surface area contributed by atoms with Crippen LogP contribution in [0.4, 0.5) is 0 Å². The van der Waals surface area contributed by atoms with Gasteiger partial charge in [0.2, 0.25) is 12.4 Å². The van der Waals surface area contributed by atoms with Gasteiger partial charge in [0, 0.05) is 57.3 Å². The molecule has 380 valence electrons. The molecule has 24 nitrogen and oxygen atoms in total. The summed E-state index contributed by atoms with van der Waals surface area (Å²) in [7, 11) is -4.26. The molecule has 3 aliphatic rings. The molecule has 3 unspecified atom stereocenters. The van der Waals surface area contributed by atoms with Crippen molar-refractivity contribution in [1.29, 1.82) is 0 Å². The first-order valence-corrected chi connectivity index (χ1v) is 24.6. The Bertz CT molecular complexity index is 1950. The van der Waals surface area contributed by atoms with E-state index in [4.69, 9.17) is 61.8 Å². The molecule has 1 aromatic carbocycles. The number of alkyl halides is 2. The van der Waals surface area contributed by atoms with Crippen LogP contribution in [-0.4, -0.2) is 178 Å². The second kappa shape index (κ2) is 27.7. The molecule has 3 heterocycles. The maximum Gasteiger partial charge on any atom is 0.305 e. The number of rotatable bonds is 13. The Labute approximate surface area is 413 Å². The number of ether oxygens (including phenoxy) is 10. The summed E-state index contributed by atoms with van der Waals surface area (Å²) >= 11 is 4.05. The third-order valence-corrected chi connectivity index (χ3v) is 12.3. The Morgan fingerprint density at radius 3 is 1.37 bits per heavy atom.